The van der Waals surface area contributed by atoms with Gasteiger partial charge in [0.15, 0.2) is 0 Å². The van der Waals surface area contributed by atoms with Crippen molar-refractivity contribution in [2.45, 2.75) is 38.0 Å². The molecular formula is C14H17F3N2O2. The van der Waals surface area contributed by atoms with Crippen molar-refractivity contribution in [3.8, 4) is 5.75 Å². The van der Waals surface area contributed by atoms with Crippen LogP contribution < -0.4 is 10.6 Å². The number of nitrogens with one attached hydrogen (secondary N) is 2. The number of benzene rings is 1. The molecular weight excluding hydrogens is 285 g/mol. The minimum absolute atomic E-state index is 0.0526. The van der Waals surface area contributed by atoms with E-state index in [1.54, 1.807) is 6.92 Å². The summed E-state index contributed by atoms with van der Waals surface area (Å²) in [7, 11) is 0. The quantitative estimate of drug-likeness (QED) is 0.784. The summed E-state index contributed by atoms with van der Waals surface area (Å²) in [6.07, 6.45) is -4.02. The Bertz CT molecular complexity index is 523. The number of amides is 1. The molecule has 1 heterocycles. The first kappa shape index (κ1) is 15.6. The number of hydrogen-bond donors (Lipinski definition) is 3. The molecule has 1 amide bonds. The molecule has 2 atom stereocenters. The number of phenols is 1. The van der Waals surface area contributed by atoms with Crippen molar-refractivity contribution in [3.05, 3.63) is 29.3 Å². The first-order valence-electron chi connectivity index (χ1n) is 6.68. The van der Waals surface area contributed by atoms with Gasteiger partial charge in [0.2, 0.25) is 0 Å². The Morgan fingerprint density at radius 3 is 2.62 bits per heavy atom. The normalized spacial score (nSPS) is 22.9. The molecule has 1 aliphatic heterocycles. The van der Waals surface area contributed by atoms with Crippen LogP contribution >= 0.6 is 0 Å². The van der Waals surface area contributed by atoms with Crippen LogP contribution in [0.15, 0.2) is 18.2 Å². The fourth-order valence-corrected chi connectivity index (χ4v) is 2.42. The minimum atomic E-state index is -4.25. The van der Waals surface area contributed by atoms with E-state index in [-0.39, 0.29) is 37.1 Å². The number of carbonyl (C=O) groups excluding carboxylic acids is 1. The van der Waals surface area contributed by atoms with E-state index >= 15 is 0 Å². The van der Waals surface area contributed by atoms with Crippen molar-refractivity contribution in [2.75, 3.05) is 6.54 Å². The lowest BCUT2D eigenvalue weighted by Gasteiger charge is -2.31. The molecule has 0 bridgehead atoms. The highest BCUT2D eigenvalue weighted by Gasteiger charge is 2.41. The van der Waals surface area contributed by atoms with Crippen LogP contribution in [0.3, 0.4) is 0 Å². The van der Waals surface area contributed by atoms with Crippen LogP contribution in [0.2, 0.25) is 0 Å². The lowest BCUT2D eigenvalue weighted by atomic mass is 9.99. The predicted octanol–water partition coefficient (Wildman–Crippen LogP) is 2.11. The highest BCUT2D eigenvalue weighted by atomic mass is 19.4. The number of carbonyl (C=O) groups is 1. The summed E-state index contributed by atoms with van der Waals surface area (Å²) in [5.74, 6) is -0.277. The molecule has 0 radical (unpaired) electrons. The van der Waals surface area contributed by atoms with Gasteiger partial charge in [-0.05, 0) is 43.5 Å². The van der Waals surface area contributed by atoms with Gasteiger partial charge in [0.25, 0.3) is 5.91 Å². The average Bonchev–Trinajstić information content (AvgIpc) is 2.38. The van der Waals surface area contributed by atoms with Gasteiger partial charge < -0.3 is 15.7 Å². The average molecular weight is 302 g/mol. The maximum atomic E-state index is 12.5. The van der Waals surface area contributed by atoms with Gasteiger partial charge in [-0.2, -0.15) is 13.2 Å². The summed E-state index contributed by atoms with van der Waals surface area (Å²) in [5.41, 5.74) is 1.02. The molecule has 1 aromatic carbocycles. The summed E-state index contributed by atoms with van der Waals surface area (Å²) in [4.78, 5) is 12.1. The highest BCUT2D eigenvalue weighted by Crippen LogP contribution is 2.26. The van der Waals surface area contributed by atoms with Gasteiger partial charge >= 0.3 is 6.18 Å². The SMILES string of the molecule is Cc1cc(O)ccc1C(=O)NC1CCC(C(F)(F)F)NC1. The Morgan fingerprint density at radius 2 is 2.10 bits per heavy atom. The maximum absolute atomic E-state index is 12.5. The first-order valence-corrected chi connectivity index (χ1v) is 6.68. The number of halogens is 3. The molecule has 3 N–H and O–H groups in total. The molecule has 0 saturated carbocycles. The van der Waals surface area contributed by atoms with Gasteiger partial charge in [-0.15, -0.1) is 0 Å². The fourth-order valence-electron chi connectivity index (χ4n) is 2.42. The summed E-state index contributed by atoms with van der Waals surface area (Å²) < 4.78 is 37.5. The lowest BCUT2D eigenvalue weighted by Crippen LogP contribution is -2.54. The van der Waals surface area contributed by atoms with Gasteiger partial charge in [-0.3, -0.25) is 4.79 Å². The Kier molecular flexibility index (Phi) is 4.41. The van der Waals surface area contributed by atoms with E-state index in [4.69, 9.17) is 0 Å². The molecule has 1 aromatic rings. The van der Waals surface area contributed by atoms with Gasteiger partial charge in [0.05, 0.1) is 0 Å². The number of hydrogen-bond acceptors (Lipinski definition) is 3. The van der Waals surface area contributed by atoms with E-state index in [0.717, 1.165) is 0 Å². The monoisotopic (exact) mass is 302 g/mol. The van der Waals surface area contributed by atoms with Crippen LogP contribution in [0.4, 0.5) is 13.2 Å². The molecule has 1 fully saturated rings. The predicted molar refractivity (Wildman–Crippen MR) is 71.2 cm³/mol. The molecule has 21 heavy (non-hydrogen) atoms. The number of aryl methyl sites for hydroxylation is 1. The van der Waals surface area contributed by atoms with Crippen LogP contribution in [0.1, 0.15) is 28.8 Å². The van der Waals surface area contributed by atoms with Crippen LogP contribution in [-0.2, 0) is 0 Å². The van der Waals surface area contributed by atoms with E-state index in [2.05, 4.69) is 10.6 Å². The van der Waals surface area contributed by atoms with E-state index in [9.17, 15) is 23.1 Å². The number of phenolic OH excluding ortho intramolecular Hbond substituents is 1. The van der Waals surface area contributed by atoms with Gasteiger partial charge in [-0.25, -0.2) is 0 Å². The Hall–Kier alpha value is -1.76. The van der Waals surface area contributed by atoms with Gasteiger partial charge in [0.1, 0.15) is 11.8 Å². The summed E-state index contributed by atoms with van der Waals surface area (Å²) in [5, 5.41) is 14.4. The Balaban J connectivity index is 1.93. The third kappa shape index (κ3) is 3.87. The summed E-state index contributed by atoms with van der Waals surface area (Å²) in [6.45, 7) is 1.78. The molecule has 4 nitrogen and oxygen atoms in total. The number of alkyl halides is 3. The Morgan fingerprint density at radius 1 is 1.38 bits per heavy atom. The first-order chi connectivity index (χ1) is 9.77. The van der Waals surface area contributed by atoms with Crippen molar-refractivity contribution in [2.24, 2.45) is 0 Å². The number of piperidine rings is 1. The molecule has 7 heteroatoms. The van der Waals surface area contributed by atoms with Crippen molar-refractivity contribution in [3.63, 3.8) is 0 Å². The van der Waals surface area contributed by atoms with Crippen molar-refractivity contribution in [1.82, 2.24) is 10.6 Å². The molecule has 2 unspecified atom stereocenters. The third-order valence-corrected chi connectivity index (χ3v) is 3.60. The van der Waals surface area contributed by atoms with Gasteiger partial charge in [0, 0.05) is 18.2 Å². The van der Waals surface area contributed by atoms with Crippen LogP contribution in [0, 0.1) is 6.92 Å². The minimum Gasteiger partial charge on any atom is -0.508 e. The van der Waals surface area contributed by atoms with E-state index < -0.39 is 12.2 Å². The van der Waals surface area contributed by atoms with Crippen LogP contribution in [-0.4, -0.2) is 35.8 Å². The molecule has 1 saturated heterocycles. The zero-order valence-corrected chi connectivity index (χ0v) is 11.5. The van der Waals surface area contributed by atoms with E-state index in [0.29, 0.717) is 11.1 Å². The zero-order chi connectivity index (χ0) is 15.6. The standard InChI is InChI=1S/C14H17F3N2O2/c1-8-6-10(20)3-4-11(8)13(21)19-9-2-5-12(18-7-9)14(15,16)17/h3-4,6,9,12,18,20H,2,5,7H2,1H3,(H,19,21). The maximum Gasteiger partial charge on any atom is 0.403 e. The molecule has 1 aliphatic rings. The van der Waals surface area contributed by atoms with Crippen molar-refractivity contribution in [1.29, 1.82) is 0 Å². The van der Waals surface area contributed by atoms with Crippen LogP contribution in [0.25, 0.3) is 0 Å². The lowest BCUT2D eigenvalue weighted by molar-refractivity contribution is -0.160. The molecule has 0 spiro atoms. The van der Waals surface area contributed by atoms with Crippen LogP contribution in [0.5, 0.6) is 5.75 Å². The second-order valence-corrected chi connectivity index (χ2v) is 5.25. The van der Waals surface area contributed by atoms with E-state index in [1.165, 1.54) is 18.2 Å². The molecule has 116 valence electrons. The van der Waals surface area contributed by atoms with E-state index in [1.807, 2.05) is 0 Å². The topological polar surface area (TPSA) is 61.4 Å². The Labute approximate surface area is 120 Å². The van der Waals surface area contributed by atoms with Crippen molar-refractivity contribution < 1.29 is 23.1 Å². The smallest absolute Gasteiger partial charge is 0.403 e. The largest absolute Gasteiger partial charge is 0.508 e. The highest BCUT2D eigenvalue weighted by molar-refractivity contribution is 5.96. The van der Waals surface area contributed by atoms with Gasteiger partial charge in [-0.1, -0.05) is 0 Å². The molecule has 2 rings (SSSR count). The second-order valence-electron chi connectivity index (χ2n) is 5.25. The summed E-state index contributed by atoms with van der Waals surface area (Å²) in [6, 6.07) is 2.54. The third-order valence-electron chi connectivity index (χ3n) is 3.60. The molecule has 0 aromatic heterocycles. The number of aromatic hydroxyl groups is 1. The fraction of sp³-hybridized carbons (Fsp3) is 0.500. The zero-order valence-electron chi connectivity index (χ0n) is 11.5. The summed E-state index contributed by atoms with van der Waals surface area (Å²) >= 11 is 0. The second kappa shape index (κ2) is 5.93. The van der Waals surface area contributed by atoms with Crippen molar-refractivity contribution >= 4 is 5.91 Å². The number of rotatable bonds is 2. The molecule has 0 aliphatic carbocycles.